The van der Waals surface area contributed by atoms with E-state index in [4.69, 9.17) is 4.42 Å². The summed E-state index contributed by atoms with van der Waals surface area (Å²) in [5, 5.41) is 2.97. The fourth-order valence-corrected chi connectivity index (χ4v) is 3.77. The fourth-order valence-electron chi connectivity index (χ4n) is 3.77. The molecule has 3 rings (SSSR count). The van der Waals surface area contributed by atoms with Gasteiger partial charge in [-0.05, 0) is 44.6 Å². The van der Waals surface area contributed by atoms with E-state index in [9.17, 15) is 9.59 Å². The molecule has 2 aliphatic rings. The van der Waals surface area contributed by atoms with Crippen molar-refractivity contribution >= 4 is 11.8 Å². The normalized spacial score (nSPS) is 28.0. The molecule has 5 heteroatoms. The van der Waals surface area contributed by atoms with Gasteiger partial charge < -0.3 is 14.6 Å². The lowest BCUT2D eigenvalue weighted by atomic mass is 9.93. The molecule has 2 heterocycles. The molecule has 1 N–H and O–H groups in total. The summed E-state index contributed by atoms with van der Waals surface area (Å²) < 4.78 is 5.00. The van der Waals surface area contributed by atoms with Gasteiger partial charge in [0.15, 0.2) is 0 Å². The van der Waals surface area contributed by atoms with Gasteiger partial charge in [-0.3, -0.25) is 9.59 Å². The maximum atomic E-state index is 12.6. The van der Waals surface area contributed by atoms with Crippen LogP contribution in [0, 0.1) is 11.8 Å². The summed E-state index contributed by atoms with van der Waals surface area (Å²) in [5.41, 5.74) is 0.525. The minimum Gasteiger partial charge on any atom is -0.472 e. The third kappa shape index (κ3) is 2.57. The van der Waals surface area contributed by atoms with E-state index >= 15 is 0 Å². The van der Waals surface area contributed by atoms with Crippen LogP contribution in [-0.4, -0.2) is 35.3 Å². The molecule has 3 atom stereocenters. The van der Waals surface area contributed by atoms with Gasteiger partial charge in [-0.1, -0.05) is 6.42 Å². The second-order valence-electron chi connectivity index (χ2n) is 6.43. The van der Waals surface area contributed by atoms with Gasteiger partial charge in [-0.15, -0.1) is 0 Å². The van der Waals surface area contributed by atoms with Crippen molar-refractivity contribution in [2.75, 3.05) is 6.54 Å². The summed E-state index contributed by atoms with van der Waals surface area (Å²) >= 11 is 0. The van der Waals surface area contributed by atoms with E-state index in [0.717, 1.165) is 19.3 Å². The van der Waals surface area contributed by atoms with Crippen LogP contribution in [0.1, 0.15) is 43.5 Å². The van der Waals surface area contributed by atoms with Gasteiger partial charge in [-0.25, -0.2) is 0 Å². The molecule has 1 aliphatic heterocycles. The van der Waals surface area contributed by atoms with E-state index in [1.54, 1.807) is 11.0 Å². The fraction of sp³-hybridized carbons (Fsp3) is 0.625. The van der Waals surface area contributed by atoms with Gasteiger partial charge in [0.2, 0.25) is 5.91 Å². The molecule has 0 bridgehead atoms. The van der Waals surface area contributed by atoms with Crippen LogP contribution < -0.4 is 5.32 Å². The highest BCUT2D eigenvalue weighted by atomic mass is 16.3. The van der Waals surface area contributed by atoms with Crippen LogP contribution in [0.2, 0.25) is 0 Å². The van der Waals surface area contributed by atoms with E-state index in [1.165, 1.54) is 12.5 Å². The maximum absolute atomic E-state index is 12.6. The first-order valence-corrected chi connectivity index (χ1v) is 7.71. The van der Waals surface area contributed by atoms with Gasteiger partial charge in [0.25, 0.3) is 5.91 Å². The number of hydrogen-bond donors (Lipinski definition) is 1. The lowest BCUT2D eigenvalue weighted by Crippen LogP contribution is -2.50. The van der Waals surface area contributed by atoms with Crippen molar-refractivity contribution in [3.8, 4) is 0 Å². The summed E-state index contributed by atoms with van der Waals surface area (Å²) in [6.45, 7) is 4.58. The molecule has 1 aliphatic carbocycles. The molecule has 0 spiro atoms. The van der Waals surface area contributed by atoms with Crippen LogP contribution in [0.5, 0.6) is 0 Å². The number of furan rings is 1. The molecule has 2 fully saturated rings. The zero-order chi connectivity index (χ0) is 15.0. The first kappa shape index (κ1) is 14.2. The molecule has 2 amide bonds. The number of carbonyl (C=O) groups is 2. The number of nitrogens with zero attached hydrogens (tertiary/aromatic N) is 1. The molecular weight excluding hydrogens is 268 g/mol. The van der Waals surface area contributed by atoms with Crippen molar-refractivity contribution in [2.45, 2.75) is 45.2 Å². The van der Waals surface area contributed by atoms with Crippen LogP contribution in [0.4, 0.5) is 0 Å². The second kappa shape index (κ2) is 5.54. The summed E-state index contributed by atoms with van der Waals surface area (Å²) in [6, 6.07) is 1.42. The van der Waals surface area contributed by atoms with Crippen LogP contribution in [0.15, 0.2) is 23.0 Å². The summed E-state index contributed by atoms with van der Waals surface area (Å²) in [6.07, 6.45) is 6.26. The standard InChI is InChI=1S/C16H22N2O3/c1-10(2)17-15(19)14-13-5-3-4-11(13)8-18(14)16(20)12-6-7-21-9-12/h6-7,9-11,13-14H,3-5,8H2,1-2H3,(H,17,19). The van der Waals surface area contributed by atoms with Gasteiger partial charge in [0, 0.05) is 12.6 Å². The number of nitrogens with one attached hydrogen (secondary N) is 1. The van der Waals surface area contributed by atoms with E-state index in [-0.39, 0.29) is 23.9 Å². The third-order valence-electron chi connectivity index (χ3n) is 4.62. The Hall–Kier alpha value is -1.78. The molecule has 0 aromatic carbocycles. The van der Waals surface area contributed by atoms with Crippen molar-refractivity contribution in [1.82, 2.24) is 10.2 Å². The predicted octanol–water partition coefficient (Wildman–Crippen LogP) is 2.04. The number of fused-ring (bicyclic) bond motifs is 1. The zero-order valence-electron chi connectivity index (χ0n) is 12.5. The van der Waals surface area contributed by atoms with Gasteiger partial charge in [0.1, 0.15) is 12.3 Å². The molecule has 21 heavy (non-hydrogen) atoms. The lowest BCUT2D eigenvalue weighted by Gasteiger charge is -2.27. The molecule has 1 saturated heterocycles. The molecule has 5 nitrogen and oxygen atoms in total. The van der Waals surface area contributed by atoms with Crippen molar-refractivity contribution < 1.29 is 14.0 Å². The Bertz CT molecular complexity index is 524. The topological polar surface area (TPSA) is 62.6 Å². The Morgan fingerprint density at radius 1 is 1.38 bits per heavy atom. The minimum absolute atomic E-state index is 0.0174. The van der Waals surface area contributed by atoms with Crippen LogP contribution in [0.25, 0.3) is 0 Å². The first-order chi connectivity index (χ1) is 10.1. The number of rotatable bonds is 3. The van der Waals surface area contributed by atoms with Crippen LogP contribution in [0.3, 0.4) is 0 Å². The van der Waals surface area contributed by atoms with Crippen LogP contribution >= 0.6 is 0 Å². The van der Waals surface area contributed by atoms with Crippen molar-refractivity contribution in [3.63, 3.8) is 0 Å². The highest BCUT2D eigenvalue weighted by Crippen LogP contribution is 2.42. The Kier molecular flexibility index (Phi) is 3.74. The van der Waals surface area contributed by atoms with E-state index < -0.39 is 0 Å². The monoisotopic (exact) mass is 290 g/mol. The molecule has 114 valence electrons. The molecule has 0 radical (unpaired) electrons. The summed E-state index contributed by atoms with van der Waals surface area (Å²) in [7, 11) is 0. The van der Waals surface area contributed by atoms with Gasteiger partial charge >= 0.3 is 0 Å². The van der Waals surface area contributed by atoms with Crippen LogP contribution in [-0.2, 0) is 4.79 Å². The minimum atomic E-state index is -0.331. The van der Waals surface area contributed by atoms with E-state index in [0.29, 0.717) is 23.9 Å². The average Bonchev–Trinajstić information content (AvgIpc) is 3.13. The van der Waals surface area contributed by atoms with Gasteiger partial charge in [-0.2, -0.15) is 0 Å². The quantitative estimate of drug-likeness (QED) is 0.926. The largest absolute Gasteiger partial charge is 0.472 e. The third-order valence-corrected chi connectivity index (χ3v) is 4.62. The van der Waals surface area contributed by atoms with E-state index in [2.05, 4.69) is 5.32 Å². The Morgan fingerprint density at radius 2 is 2.19 bits per heavy atom. The molecule has 1 aromatic heterocycles. The summed E-state index contributed by atoms with van der Waals surface area (Å²) in [5.74, 6) is 0.654. The smallest absolute Gasteiger partial charge is 0.257 e. The SMILES string of the molecule is CC(C)NC(=O)C1C2CCCC2CN1C(=O)c1ccoc1. The van der Waals surface area contributed by atoms with Gasteiger partial charge in [0.05, 0.1) is 11.8 Å². The molecule has 3 unspecified atom stereocenters. The second-order valence-corrected chi connectivity index (χ2v) is 6.43. The number of amides is 2. The maximum Gasteiger partial charge on any atom is 0.257 e. The van der Waals surface area contributed by atoms with Crippen molar-refractivity contribution in [1.29, 1.82) is 0 Å². The predicted molar refractivity (Wildman–Crippen MR) is 77.6 cm³/mol. The lowest BCUT2D eigenvalue weighted by molar-refractivity contribution is -0.126. The molecule has 1 saturated carbocycles. The first-order valence-electron chi connectivity index (χ1n) is 7.71. The number of hydrogen-bond acceptors (Lipinski definition) is 3. The zero-order valence-corrected chi connectivity index (χ0v) is 12.5. The Labute approximate surface area is 124 Å². The number of carbonyl (C=O) groups excluding carboxylic acids is 2. The van der Waals surface area contributed by atoms with Crippen molar-refractivity contribution in [2.24, 2.45) is 11.8 Å². The Morgan fingerprint density at radius 3 is 2.86 bits per heavy atom. The molecule has 1 aromatic rings. The number of likely N-dealkylation sites (tertiary alicyclic amines) is 1. The average molecular weight is 290 g/mol. The van der Waals surface area contributed by atoms with E-state index in [1.807, 2.05) is 13.8 Å². The van der Waals surface area contributed by atoms with Crippen molar-refractivity contribution in [3.05, 3.63) is 24.2 Å². The highest BCUT2D eigenvalue weighted by molar-refractivity contribution is 5.98. The molecular formula is C16H22N2O3. The highest BCUT2D eigenvalue weighted by Gasteiger charge is 2.49. The Balaban J connectivity index is 1.84. The summed E-state index contributed by atoms with van der Waals surface area (Å²) in [4.78, 5) is 26.9.